The highest BCUT2D eigenvalue weighted by atomic mass is 16.5. The lowest BCUT2D eigenvalue weighted by Gasteiger charge is -2.63. The lowest BCUT2D eigenvalue weighted by Crippen LogP contribution is -2.62. The molecule has 0 amide bonds. The number of rotatable bonds is 8. The molecule has 0 aromatic heterocycles. The zero-order valence-electron chi connectivity index (χ0n) is 21.6. The molecule has 0 bridgehead atoms. The number of Topliss-reactive ketones (excluding diaryl/α,β-unsaturated/α-hetero) is 1. The number of hydrogen-bond donors (Lipinski definition) is 3. The number of aliphatic hydroxyl groups excluding tert-OH is 2. The molecule has 4 aliphatic carbocycles. The van der Waals surface area contributed by atoms with Gasteiger partial charge in [0.25, 0.3) is 0 Å². The molecule has 4 fully saturated rings. The third-order valence-electron chi connectivity index (χ3n) is 11.0. The van der Waals surface area contributed by atoms with Crippen LogP contribution in [0.4, 0.5) is 0 Å². The van der Waals surface area contributed by atoms with Crippen LogP contribution in [0.25, 0.3) is 0 Å². The van der Waals surface area contributed by atoms with E-state index in [1.165, 1.54) is 0 Å². The summed E-state index contributed by atoms with van der Waals surface area (Å²) in [5.41, 5.74) is -0.220. The molecule has 0 unspecified atom stereocenters. The standard InChI is InChI=1S/C28H44O7/c1-16(5-4-12-35-25(34)9-8-24(32)33)19-6-7-20-26-21(15-23(31)28(19,20)3)27(2)11-10-18(29)13-17(27)14-22(26)30/h16-17,19-23,26,30-31H,4-15H2,1-3H3,(H,32,33)/t16-,17+,19+,20-,21-,22+,23-,26-,27-,28+/m0/s1. The Hall–Kier alpha value is -1.47. The Balaban J connectivity index is 1.40. The first kappa shape index (κ1) is 26.6. The van der Waals surface area contributed by atoms with Gasteiger partial charge in [-0.15, -0.1) is 0 Å². The molecule has 0 heterocycles. The third kappa shape index (κ3) is 4.79. The number of esters is 1. The average molecular weight is 493 g/mol. The van der Waals surface area contributed by atoms with Crippen molar-refractivity contribution in [2.45, 2.75) is 104 Å². The van der Waals surface area contributed by atoms with Crippen LogP contribution >= 0.6 is 0 Å². The minimum atomic E-state index is -1.00. The van der Waals surface area contributed by atoms with Gasteiger partial charge in [0.2, 0.25) is 0 Å². The molecule has 4 saturated carbocycles. The summed E-state index contributed by atoms with van der Waals surface area (Å²) in [5.74, 6) is 0.501. The van der Waals surface area contributed by atoms with Gasteiger partial charge in [0.1, 0.15) is 5.78 Å². The summed E-state index contributed by atoms with van der Waals surface area (Å²) in [4.78, 5) is 34.4. The van der Waals surface area contributed by atoms with Gasteiger partial charge in [0.15, 0.2) is 0 Å². The second kappa shape index (κ2) is 10.1. The van der Waals surface area contributed by atoms with Crippen molar-refractivity contribution in [1.82, 2.24) is 0 Å². The quantitative estimate of drug-likeness (QED) is 0.346. The summed E-state index contributed by atoms with van der Waals surface area (Å²) in [7, 11) is 0. The fourth-order valence-electron chi connectivity index (χ4n) is 9.02. The first-order valence-corrected chi connectivity index (χ1v) is 13.7. The highest BCUT2D eigenvalue weighted by Gasteiger charge is 2.65. The van der Waals surface area contributed by atoms with Gasteiger partial charge < -0.3 is 20.1 Å². The Morgan fingerprint density at radius 2 is 1.86 bits per heavy atom. The van der Waals surface area contributed by atoms with Gasteiger partial charge in [0.05, 0.1) is 31.7 Å². The van der Waals surface area contributed by atoms with Crippen molar-refractivity contribution in [2.75, 3.05) is 6.61 Å². The number of carbonyl (C=O) groups is 3. The van der Waals surface area contributed by atoms with Gasteiger partial charge in [-0.05, 0) is 91.3 Å². The average Bonchev–Trinajstić information content (AvgIpc) is 3.15. The number of fused-ring (bicyclic) bond motifs is 5. The maximum Gasteiger partial charge on any atom is 0.306 e. The summed E-state index contributed by atoms with van der Waals surface area (Å²) in [5, 5.41) is 31.6. The Bertz CT molecular complexity index is 826. The maximum atomic E-state index is 12.2. The number of aliphatic carboxylic acids is 1. The number of carboxylic acids is 1. The highest BCUT2D eigenvalue weighted by Crippen LogP contribution is 2.68. The van der Waals surface area contributed by atoms with E-state index in [-0.39, 0.29) is 47.3 Å². The van der Waals surface area contributed by atoms with E-state index < -0.39 is 24.1 Å². The summed E-state index contributed by atoms with van der Waals surface area (Å²) < 4.78 is 5.20. The minimum absolute atomic E-state index is 0.0222. The van der Waals surface area contributed by atoms with Gasteiger partial charge in [-0.2, -0.15) is 0 Å². The van der Waals surface area contributed by atoms with Crippen LogP contribution in [-0.2, 0) is 19.1 Å². The lowest BCUT2D eigenvalue weighted by molar-refractivity contribution is -0.201. The molecule has 0 aromatic rings. The van der Waals surface area contributed by atoms with E-state index in [0.717, 1.165) is 32.1 Å². The molecule has 0 aliphatic heterocycles. The number of aliphatic hydroxyl groups is 2. The number of hydrogen-bond acceptors (Lipinski definition) is 6. The van der Waals surface area contributed by atoms with E-state index in [2.05, 4.69) is 20.8 Å². The van der Waals surface area contributed by atoms with E-state index in [4.69, 9.17) is 9.84 Å². The van der Waals surface area contributed by atoms with Crippen LogP contribution in [0.15, 0.2) is 0 Å². The van der Waals surface area contributed by atoms with Gasteiger partial charge in [-0.1, -0.05) is 20.8 Å². The van der Waals surface area contributed by atoms with Crippen LogP contribution in [0, 0.1) is 46.3 Å². The highest BCUT2D eigenvalue weighted by molar-refractivity contribution is 5.79. The van der Waals surface area contributed by atoms with Crippen molar-refractivity contribution in [2.24, 2.45) is 46.3 Å². The molecule has 7 heteroatoms. The molecule has 0 spiro atoms. The SMILES string of the molecule is C[C@@H](CCCOC(=O)CCC(=O)O)[C@H]1CC[C@H]2[C@@H]3[C@H](O)C[C@H]4CC(=O)CC[C@]4(C)[C@H]3C[C@H](O)[C@]12C. The molecule has 0 aromatic carbocycles. The number of ketones is 1. The smallest absolute Gasteiger partial charge is 0.306 e. The summed E-state index contributed by atoms with van der Waals surface area (Å²) in [6.07, 6.45) is 6.03. The Kier molecular flexibility index (Phi) is 7.69. The van der Waals surface area contributed by atoms with E-state index in [9.17, 15) is 24.6 Å². The van der Waals surface area contributed by atoms with Crippen LogP contribution < -0.4 is 0 Å². The molecule has 4 aliphatic rings. The van der Waals surface area contributed by atoms with E-state index in [1.54, 1.807) is 0 Å². The minimum Gasteiger partial charge on any atom is -0.481 e. The largest absolute Gasteiger partial charge is 0.481 e. The topological polar surface area (TPSA) is 121 Å². The second-order valence-corrected chi connectivity index (χ2v) is 12.6. The Morgan fingerprint density at radius 1 is 1.11 bits per heavy atom. The zero-order chi connectivity index (χ0) is 25.5. The molecule has 0 saturated heterocycles. The normalized spacial score (nSPS) is 43.6. The molecule has 7 nitrogen and oxygen atoms in total. The van der Waals surface area contributed by atoms with E-state index >= 15 is 0 Å². The van der Waals surface area contributed by atoms with Crippen molar-refractivity contribution < 1.29 is 34.4 Å². The van der Waals surface area contributed by atoms with Crippen molar-refractivity contribution in [1.29, 1.82) is 0 Å². The molecule has 35 heavy (non-hydrogen) atoms. The number of ether oxygens (including phenoxy) is 1. The lowest BCUT2D eigenvalue weighted by atomic mass is 9.43. The van der Waals surface area contributed by atoms with Crippen LogP contribution in [0.3, 0.4) is 0 Å². The fourth-order valence-corrected chi connectivity index (χ4v) is 9.02. The van der Waals surface area contributed by atoms with Crippen molar-refractivity contribution >= 4 is 17.7 Å². The Morgan fingerprint density at radius 3 is 2.57 bits per heavy atom. The number of carboxylic acid groups (broad SMARTS) is 1. The first-order chi connectivity index (χ1) is 16.5. The van der Waals surface area contributed by atoms with Crippen molar-refractivity contribution in [3.8, 4) is 0 Å². The second-order valence-electron chi connectivity index (χ2n) is 12.6. The summed E-state index contributed by atoms with van der Waals surface area (Å²) in [6, 6.07) is 0. The van der Waals surface area contributed by atoms with Crippen molar-refractivity contribution in [3.63, 3.8) is 0 Å². The van der Waals surface area contributed by atoms with Gasteiger partial charge >= 0.3 is 11.9 Å². The van der Waals surface area contributed by atoms with E-state index in [1.807, 2.05) is 0 Å². The molecular weight excluding hydrogens is 448 g/mol. The van der Waals surface area contributed by atoms with Crippen LogP contribution in [0.1, 0.15) is 91.4 Å². The van der Waals surface area contributed by atoms with Gasteiger partial charge in [-0.25, -0.2) is 0 Å². The molecule has 0 radical (unpaired) electrons. The van der Waals surface area contributed by atoms with Gasteiger partial charge in [-0.3, -0.25) is 14.4 Å². The van der Waals surface area contributed by atoms with Crippen LogP contribution in [0.2, 0.25) is 0 Å². The van der Waals surface area contributed by atoms with Crippen LogP contribution in [-0.4, -0.2) is 51.9 Å². The third-order valence-corrected chi connectivity index (χ3v) is 11.0. The monoisotopic (exact) mass is 492 g/mol. The number of carbonyl (C=O) groups excluding carboxylic acids is 2. The predicted molar refractivity (Wildman–Crippen MR) is 129 cm³/mol. The van der Waals surface area contributed by atoms with Gasteiger partial charge in [0, 0.05) is 12.8 Å². The molecular formula is C28H44O7. The fraction of sp³-hybridized carbons (Fsp3) is 0.893. The molecule has 3 N–H and O–H groups in total. The first-order valence-electron chi connectivity index (χ1n) is 13.7. The summed E-state index contributed by atoms with van der Waals surface area (Å²) in [6.45, 7) is 7.07. The Labute approximate surface area is 209 Å². The van der Waals surface area contributed by atoms with E-state index in [0.29, 0.717) is 49.9 Å². The molecule has 4 rings (SSSR count). The maximum absolute atomic E-state index is 12.2. The molecule has 10 atom stereocenters. The zero-order valence-corrected chi connectivity index (χ0v) is 21.6. The predicted octanol–water partition coefficient (Wildman–Crippen LogP) is 3.98. The van der Waals surface area contributed by atoms with Crippen molar-refractivity contribution in [3.05, 3.63) is 0 Å². The van der Waals surface area contributed by atoms with Crippen LogP contribution in [0.5, 0.6) is 0 Å². The summed E-state index contributed by atoms with van der Waals surface area (Å²) >= 11 is 0. The molecule has 198 valence electrons.